The van der Waals surface area contributed by atoms with E-state index < -0.39 is 0 Å². The first-order valence-electron chi connectivity index (χ1n) is 6.45. The van der Waals surface area contributed by atoms with Gasteiger partial charge in [-0.1, -0.05) is 12.1 Å². The molecule has 1 atom stereocenters. The Bertz CT molecular complexity index is 767. The summed E-state index contributed by atoms with van der Waals surface area (Å²) >= 11 is 0. The minimum absolute atomic E-state index is 0.0121. The number of rotatable bonds is 4. The largest absolute Gasteiger partial charge is 0.348 e. The molecule has 0 aliphatic heterocycles. The van der Waals surface area contributed by atoms with E-state index in [1.807, 2.05) is 6.07 Å². The van der Waals surface area contributed by atoms with Crippen molar-refractivity contribution in [3.63, 3.8) is 0 Å². The zero-order valence-electron chi connectivity index (χ0n) is 11.7. The first-order valence-corrected chi connectivity index (χ1v) is 6.45. The number of aromatic nitrogens is 2. The molecular formula is C15H12FN5O. The molecule has 2 rings (SSSR count). The summed E-state index contributed by atoms with van der Waals surface area (Å²) < 4.78 is 14.2. The van der Waals surface area contributed by atoms with Crippen LogP contribution < -0.4 is 5.32 Å². The number of carbonyl (C=O) groups is 1. The third kappa shape index (κ3) is 3.28. The summed E-state index contributed by atoms with van der Waals surface area (Å²) in [5.74, 6) is -0.682. The van der Waals surface area contributed by atoms with Crippen LogP contribution in [0.25, 0.3) is 0 Å². The smallest absolute Gasteiger partial charge is 0.240 e. The van der Waals surface area contributed by atoms with E-state index in [1.54, 1.807) is 25.1 Å². The molecule has 1 unspecified atom stereocenters. The molecule has 110 valence electrons. The molecule has 0 fully saturated rings. The highest BCUT2D eigenvalue weighted by Crippen LogP contribution is 2.13. The zero-order valence-corrected chi connectivity index (χ0v) is 11.7. The highest BCUT2D eigenvalue weighted by atomic mass is 19.1. The Balaban J connectivity index is 2.05. The average molecular weight is 297 g/mol. The molecule has 6 nitrogen and oxygen atoms in total. The first-order chi connectivity index (χ1) is 10.5. The lowest BCUT2D eigenvalue weighted by atomic mass is 10.1. The number of carbonyl (C=O) groups excluding carboxylic acids is 1. The molecule has 0 saturated carbocycles. The van der Waals surface area contributed by atoms with Crippen molar-refractivity contribution in [2.45, 2.75) is 19.5 Å². The second-order valence-corrected chi connectivity index (χ2v) is 4.63. The van der Waals surface area contributed by atoms with Crippen LogP contribution in [0.4, 0.5) is 4.39 Å². The van der Waals surface area contributed by atoms with Crippen LogP contribution in [0.1, 0.15) is 29.9 Å². The van der Waals surface area contributed by atoms with Crippen LogP contribution in [0.15, 0.2) is 30.6 Å². The number of nitriles is 2. The van der Waals surface area contributed by atoms with Crippen molar-refractivity contribution in [2.24, 2.45) is 0 Å². The van der Waals surface area contributed by atoms with Crippen molar-refractivity contribution >= 4 is 5.91 Å². The van der Waals surface area contributed by atoms with Gasteiger partial charge in [-0.15, -0.1) is 0 Å². The fourth-order valence-corrected chi connectivity index (χ4v) is 1.98. The van der Waals surface area contributed by atoms with Crippen molar-refractivity contribution in [3.05, 3.63) is 53.4 Å². The Labute approximate surface area is 126 Å². The summed E-state index contributed by atoms with van der Waals surface area (Å²) in [7, 11) is 0. The van der Waals surface area contributed by atoms with Gasteiger partial charge in [0, 0.05) is 0 Å². The molecule has 0 saturated heterocycles. The lowest BCUT2D eigenvalue weighted by Crippen LogP contribution is -2.30. The number of nitrogens with zero attached hydrogens (tertiary/aromatic N) is 4. The van der Waals surface area contributed by atoms with Gasteiger partial charge in [-0.2, -0.15) is 10.5 Å². The van der Waals surface area contributed by atoms with Gasteiger partial charge in [0.15, 0.2) is 11.4 Å². The number of imidazole rings is 1. The normalized spacial score (nSPS) is 11.3. The Morgan fingerprint density at radius 3 is 2.64 bits per heavy atom. The van der Waals surface area contributed by atoms with Gasteiger partial charge in [-0.3, -0.25) is 4.79 Å². The molecular weight excluding hydrogens is 285 g/mol. The fraction of sp³-hybridized carbons (Fsp3) is 0.200. The van der Waals surface area contributed by atoms with Gasteiger partial charge in [0.1, 0.15) is 24.5 Å². The maximum Gasteiger partial charge on any atom is 0.240 e. The molecule has 1 aromatic carbocycles. The van der Waals surface area contributed by atoms with Gasteiger partial charge >= 0.3 is 0 Å². The molecule has 0 bridgehead atoms. The van der Waals surface area contributed by atoms with Gasteiger partial charge in [0.25, 0.3) is 0 Å². The van der Waals surface area contributed by atoms with E-state index in [0.29, 0.717) is 0 Å². The van der Waals surface area contributed by atoms with E-state index in [2.05, 4.69) is 10.3 Å². The molecule has 0 aliphatic rings. The zero-order chi connectivity index (χ0) is 16.1. The summed E-state index contributed by atoms with van der Waals surface area (Å²) in [5, 5.41) is 20.5. The topological polar surface area (TPSA) is 94.5 Å². The fourth-order valence-electron chi connectivity index (χ4n) is 1.98. The van der Waals surface area contributed by atoms with E-state index in [-0.39, 0.29) is 35.7 Å². The van der Waals surface area contributed by atoms with Crippen LogP contribution in [0.2, 0.25) is 0 Å². The van der Waals surface area contributed by atoms with Crippen molar-refractivity contribution in [3.8, 4) is 12.1 Å². The van der Waals surface area contributed by atoms with Crippen molar-refractivity contribution in [1.82, 2.24) is 14.9 Å². The lowest BCUT2D eigenvalue weighted by molar-refractivity contribution is -0.122. The van der Waals surface area contributed by atoms with Gasteiger partial charge in [0.2, 0.25) is 5.91 Å². The minimum atomic E-state index is -0.344. The Kier molecular flexibility index (Phi) is 4.50. The average Bonchev–Trinajstić information content (AvgIpc) is 2.89. The Hall–Kier alpha value is -3.19. The first kappa shape index (κ1) is 15.2. The molecule has 1 aromatic heterocycles. The van der Waals surface area contributed by atoms with Crippen molar-refractivity contribution < 1.29 is 9.18 Å². The summed E-state index contributed by atoms with van der Waals surface area (Å²) in [5.41, 5.74) is 0.799. The molecule has 0 aliphatic carbocycles. The van der Waals surface area contributed by atoms with Gasteiger partial charge in [-0.05, 0) is 24.6 Å². The highest BCUT2D eigenvalue weighted by molar-refractivity contribution is 5.76. The summed E-state index contributed by atoms with van der Waals surface area (Å²) in [4.78, 5) is 15.8. The molecule has 2 aromatic rings. The standard InChI is InChI=1S/C15H12FN5O/c1-10(11-2-4-12(16)5-3-11)20-15(22)8-21-9-19-13(6-17)14(21)7-18/h2-5,9-10H,8H2,1H3,(H,20,22). The molecule has 1 amide bonds. The van der Waals surface area contributed by atoms with E-state index in [4.69, 9.17) is 10.5 Å². The quantitative estimate of drug-likeness (QED) is 0.928. The molecule has 7 heteroatoms. The third-order valence-corrected chi connectivity index (χ3v) is 3.11. The maximum atomic E-state index is 12.9. The van der Waals surface area contributed by atoms with E-state index >= 15 is 0 Å². The second kappa shape index (κ2) is 6.51. The summed E-state index contributed by atoms with van der Waals surface area (Å²) in [6.45, 7) is 1.65. The van der Waals surface area contributed by atoms with Crippen molar-refractivity contribution in [2.75, 3.05) is 0 Å². The number of amides is 1. The van der Waals surface area contributed by atoms with Gasteiger partial charge in [-0.25, -0.2) is 9.37 Å². The molecule has 22 heavy (non-hydrogen) atoms. The monoisotopic (exact) mass is 297 g/mol. The number of hydrogen-bond donors (Lipinski definition) is 1. The van der Waals surface area contributed by atoms with Gasteiger partial charge < -0.3 is 9.88 Å². The lowest BCUT2D eigenvalue weighted by Gasteiger charge is -2.14. The predicted molar refractivity (Wildman–Crippen MR) is 74.6 cm³/mol. The molecule has 0 spiro atoms. The third-order valence-electron chi connectivity index (χ3n) is 3.11. The van der Waals surface area contributed by atoms with Crippen LogP contribution in [0.3, 0.4) is 0 Å². The number of nitrogens with one attached hydrogen (secondary N) is 1. The molecule has 1 N–H and O–H groups in total. The second-order valence-electron chi connectivity index (χ2n) is 4.63. The van der Waals surface area contributed by atoms with Crippen LogP contribution >= 0.6 is 0 Å². The minimum Gasteiger partial charge on any atom is -0.348 e. The van der Waals surface area contributed by atoms with E-state index in [1.165, 1.54) is 23.0 Å². The van der Waals surface area contributed by atoms with Crippen LogP contribution in [0, 0.1) is 28.5 Å². The molecule has 1 heterocycles. The van der Waals surface area contributed by atoms with Crippen molar-refractivity contribution in [1.29, 1.82) is 10.5 Å². The summed E-state index contributed by atoms with van der Waals surface area (Å²) in [6.07, 6.45) is 1.28. The van der Waals surface area contributed by atoms with Gasteiger partial charge in [0.05, 0.1) is 12.4 Å². The number of halogens is 1. The van der Waals surface area contributed by atoms with E-state index in [9.17, 15) is 9.18 Å². The number of benzene rings is 1. The Morgan fingerprint density at radius 2 is 2.05 bits per heavy atom. The predicted octanol–water partition coefficient (Wildman–Crippen LogP) is 1.64. The number of hydrogen-bond acceptors (Lipinski definition) is 4. The Morgan fingerprint density at radius 1 is 1.36 bits per heavy atom. The van der Waals surface area contributed by atoms with Crippen LogP contribution in [-0.2, 0) is 11.3 Å². The van der Waals surface area contributed by atoms with Crippen LogP contribution in [-0.4, -0.2) is 15.5 Å². The highest BCUT2D eigenvalue weighted by Gasteiger charge is 2.14. The van der Waals surface area contributed by atoms with Crippen LogP contribution in [0.5, 0.6) is 0 Å². The SMILES string of the molecule is CC(NC(=O)Cn1cnc(C#N)c1C#N)c1ccc(F)cc1. The molecule has 0 radical (unpaired) electrons. The van der Waals surface area contributed by atoms with E-state index in [0.717, 1.165) is 5.56 Å². The summed E-state index contributed by atoms with van der Waals surface area (Å²) in [6, 6.07) is 9.15. The maximum absolute atomic E-state index is 12.9.